The van der Waals surface area contributed by atoms with Crippen LogP contribution in [0.1, 0.15) is 5.56 Å². The molecule has 1 aromatic carbocycles. The molecule has 6 nitrogen and oxygen atoms in total. The first-order valence-electron chi connectivity index (χ1n) is 7.83. The highest BCUT2D eigenvalue weighted by molar-refractivity contribution is 6.33. The van der Waals surface area contributed by atoms with Crippen LogP contribution in [0.3, 0.4) is 0 Å². The minimum Gasteiger partial charge on any atom is -0.372 e. The van der Waals surface area contributed by atoms with Crippen molar-refractivity contribution in [2.24, 2.45) is 0 Å². The Balaban J connectivity index is 1.48. The third kappa shape index (κ3) is 3.02. The Morgan fingerprint density at radius 2 is 1.88 bits per heavy atom. The molecule has 0 saturated carbocycles. The number of nitrogen functional groups attached to an aromatic ring is 1. The van der Waals surface area contributed by atoms with Gasteiger partial charge >= 0.3 is 0 Å². The van der Waals surface area contributed by atoms with Crippen molar-refractivity contribution in [2.45, 2.75) is 19.1 Å². The standard InChI is InChI=1S/C17H14ClF2N5O/c18-14-13-15(24-16(21)23-14)25(9-22-13)6-11-12(17(11,19)20)8-26-7-10-4-2-1-3-5-10/h1-5,9H,6-8H2,(H2,21,23,24). The molecule has 1 aliphatic rings. The first-order chi connectivity index (χ1) is 12.5. The summed E-state index contributed by atoms with van der Waals surface area (Å²) in [4.78, 5) is 11.9. The zero-order valence-electron chi connectivity index (χ0n) is 13.5. The van der Waals surface area contributed by atoms with Crippen LogP contribution >= 0.6 is 11.6 Å². The van der Waals surface area contributed by atoms with E-state index >= 15 is 0 Å². The number of aromatic nitrogens is 4. The van der Waals surface area contributed by atoms with Crippen molar-refractivity contribution in [2.75, 3.05) is 12.3 Å². The summed E-state index contributed by atoms with van der Waals surface area (Å²) in [5, 5.41) is 0.0919. The van der Waals surface area contributed by atoms with Gasteiger partial charge in [0, 0.05) is 11.1 Å². The fourth-order valence-corrected chi connectivity index (χ4v) is 2.98. The number of ether oxygens (including phenoxy) is 1. The van der Waals surface area contributed by atoms with Gasteiger partial charge in [0.15, 0.2) is 10.8 Å². The van der Waals surface area contributed by atoms with E-state index < -0.39 is 5.92 Å². The molecular formula is C17H14ClF2N5O. The summed E-state index contributed by atoms with van der Waals surface area (Å²) >= 11 is 5.95. The van der Waals surface area contributed by atoms with Gasteiger partial charge in [0.1, 0.15) is 5.52 Å². The van der Waals surface area contributed by atoms with Crippen LogP contribution in [0.4, 0.5) is 14.7 Å². The molecule has 26 heavy (non-hydrogen) atoms. The molecule has 0 amide bonds. The number of rotatable bonds is 6. The zero-order chi connectivity index (χ0) is 18.3. The Labute approximate surface area is 152 Å². The molecule has 0 radical (unpaired) electrons. The largest absolute Gasteiger partial charge is 0.372 e. The topological polar surface area (TPSA) is 78.8 Å². The van der Waals surface area contributed by atoms with E-state index in [0.29, 0.717) is 11.2 Å². The van der Waals surface area contributed by atoms with E-state index in [4.69, 9.17) is 22.1 Å². The van der Waals surface area contributed by atoms with Crippen molar-refractivity contribution >= 4 is 28.7 Å². The van der Waals surface area contributed by atoms with Gasteiger partial charge in [-0.2, -0.15) is 18.7 Å². The van der Waals surface area contributed by atoms with Gasteiger partial charge in [-0.25, -0.2) is 4.98 Å². The number of anilines is 1. The third-order valence-electron chi connectivity index (χ3n) is 4.18. The van der Waals surface area contributed by atoms with Gasteiger partial charge in [-0.3, -0.25) is 0 Å². The number of imidazole rings is 1. The lowest BCUT2D eigenvalue weighted by Gasteiger charge is -2.03. The van der Waals surface area contributed by atoms with Crippen LogP contribution in [-0.4, -0.2) is 32.0 Å². The summed E-state index contributed by atoms with van der Waals surface area (Å²) in [7, 11) is 0. The summed E-state index contributed by atoms with van der Waals surface area (Å²) < 4.78 is 35.0. The van der Waals surface area contributed by atoms with Crippen molar-refractivity contribution in [3.05, 3.63) is 58.5 Å². The quantitative estimate of drug-likeness (QED) is 0.527. The predicted molar refractivity (Wildman–Crippen MR) is 92.8 cm³/mol. The summed E-state index contributed by atoms with van der Waals surface area (Å²) in [5.74, 6) is -2.98. The number of fused-ring (bicyclic) bond motifs is 1. The number of hydrogen-bond acceptors (Lipinski definition) is 5. The molecular weight excluding hydrogens is 364 g/mol. The number of hydrogen-bond donors (Lipinski definition) is 1. The predicted octanol–water partition coefficient (Wildman–Crippen LogP) is 3.22. The smallest absolute Gasteiger partial charge is 0.295 e. The zero-order valence-corrected chi connectivity index (χ0v) is 14.2. The first kappa shape index (κ1) is 16.9. The van der Waals surface area contributed by atoms with Gasteiger partial charge in [-0.1, -0.05) is 41.9 Å². The molecule has 1 aliphatic carbocycles. The average Bonchev–Trinajstić information content (AvgIpc) is 2.91. The number of allylic oxidation sites excluding steroid dienone is 1. The number of benzene rings is 1. The molecule has 0 saturated heterocycles. The lowest BCUT2D eigenvalue weighted by molar-refractivity contribution is 0.0943. The van der Waals surface area contributed by atoms with Gasteiger partial charge in [0.25, 0.3) is 5.92 Å². The van der Waals surface area contributed by atoms with E-state index in [1.165, 1.54) is 10.9 Å². The SMILES string of the molecule is Nc1nc(Cl)c2ncn(CC3=C(COCc4ccccc4)C3(F)F)c2n1. The monoisotopic (exact) mass is 377 g/mol. The summed E-state index contributed by atoms with van der Waals surface area (Å²) in [6, 6.07) is 9.39. The van der Waals surface area contributed by atoms with Gasteiger partial charge in [0.2, 0.25) is 5.95 Å². The lowest BCUT2D eigenvalue weighted by atomic mass is 10.2. The Morgan fingerprint density at radius 1 is 1.12 bits per heavy atom. The molecule has 2 heterocycles. The van der Waals surface area contributed by atoms with Crippen molar-refractivity contribution in [1.29, 1.82) is 0 Å². The molecule has 2 aromatic heterocycles. The molecule has 0 spiro atoms. The number of alkyl halides is 2. The van der Waals surface area contributed by atoms with Crippen LogP contribution in [0.15, 0.2) is 47.8 Å². The number of nitrogens with two attached hydrogens (primary N) is 1. The van der Waals surface area contributed by atoms with Crippen LogP contribution in [0.25, 0.3) is 11.2 Å². The van der Waals surface area contributed by atoms with Crippen LogP contribution in [0, 0.1) is 0 Å². The summed E-state index contributed by atoms with van der Waals surface area (Å²) in [5.41, 5.74) is 7.14. The van der Waals surface area contributed by atoms with Crippen molar-refractivity contribution < 1.29 is 13.5 Å². The summed E-state index contributed by atoms with van der Waals surface area (Å²) in [6.45, 7) is 0.100. The molecule has 134 valence electrons. The fourth-order valence-electron chi connectivity index (χ4n) is 2.76. The van der Waals surface area contributed by atoms with E-state index in [1.54, 1.807) is 0 Å². The second kappa shape index (κ2) is 6.30. The van der Waals surface area contributed by atoms with Crippen LogP contribution < -0.4 is 5.73 Å². The van der Waals surface area contributed by atoms with E-state index in [1.807, 2.05) is 30.3 Å². The molecule has 0 bridgehead atoms. The van der Waals surface area contributed by atoms with E-state index in [2.05, 4.69) is 15.0 Å². The highest BCUT2D eigenvalue weighted by Gasteiger charge is 2.55. The Kier molecular flexibility index (Phi) is 4.08. The highest BCUT2D eigenvalue weighted by atomic mass is 35.5. The fraction of sp³-hybridized carbons (Fsp3) is 0.235. The highest BCUT2D eigenvalue weighted by Crippen LogP contribution is 2.50. The first-order valence-corrected chi connectivity index (χ1v) is 8.21. The Bertz CT molecular complexity index is 1000. The maximum atomic E-state index is 14.1. The van der Waals surface area contributed by atoms with E-state index in [9.17, 15) is 8.78 Å². The molecule has 2 N–H and O–H groups in total. The second-order valence-corrected chi connectivity index (χ2v) is 6.29. The third-order valence-corrected chi connectivity index (χ3v) is 4.45. The van der Waals surface area contributed by atoms with Crippen LogP contribution in [0.5, 0.6) is 0 Å². The minimum atomic E-state index is -2.95. The van der Waals surface area contributed by atoms with E-state index in [-0.39, 0.29) is 42.0 Å². The average molecular weight is 378 g/mol. The van der Waals surface area contributed by atoms with Crippen molar-refractivity contribution in [1.82, 2.24) is 19.5 Å². The minimum absolute atomic E-state index is 0.00170. The second-order valence-electron chi connectivity index (χ2n) is 5.93. The molecule has 0 unspecified atom stereocenters. The van der Waals surface area contributed by atoms with Crippen molar-refractivity contribution in [3.8, 4) is 0 Å². The Hall–Kier alpha value is -2.58. The van der Waals surface area contributed by atoms with Crippen LogP contribution in [0.2, 0.25) is 5.15 Å². The molecule has 9 heteroatoms. The number of halogens is 3. The molecule has 4 rings (SSSR count). The molecule has 0 atom stereocenters. The van der Waals surface area contributed by atoms with Gasteiger partial charge in [-0.05, 0) is 5.56 Å². The van der Waals surface area contributed by atoms with Gasteiger partial charge < -0.3 is 15.0 Å². The molecule has 3 aromatic rings. The van der Waals surface area contributed by atoms with Crippen molar-refractivity contribution in [3.63, 3.8) is 0 Å². The maximum Gasteiger partial charge on any atom is 0.295 e. The molecule has 0 fully saturated rings. The lowest BCUT2D eigenvalue weighted by Crippen LogP contribution is -2.06. The maximum absolute atomic E-state index is 14.1. The Morgan fingerprint density at radius 3 is 2.65 bits per heavy atom. The normalized spacial score (nSPS) is 15.7. The van der Waals surface area contributed by atoms with Crippen LogP contribution in [-0.2, 0) is 17.9 Å². The van der Waals surface area contributed by atoms with Gasteiger partial charge in [-0.15, -0.1) is 0 Å². The van der Waals surface area contributed by atoms with E-state index in [0.717, 1.165) is 5.56 Å². The van der Waals surface area contributed by atoms with Gasteiger partial charge in [0.05, 0.1) is 26.1 Å². The molecule has 0 aliphatic heterocycles. The number of nitrogens with zero attached hydrogens (tertiary/aromatic N) is 4. The summed E-state index contributed by atoms with van der Waals surface area (Å²) in [6.07, 6.45) is 1.40.